The number of benzene rings is 2. The van der Waals surface area contributed by atoms with Crippen LogP contribution in [-0.2, 0) is 25.3 Å². The molecule has 0 saturated heterocycles. The number of rotatable bonds is 11. The first-order valence-corrected chi connectivity index (χ1v) is 18.6. The number of carbonyl (C=O) groups is 1. The Kier molecular flexibility index (Phi) is 10.7. The Morgan fingerprint density at radius 1 is 0.957 bits per heavy atom. The van der Waals surface area contributed by atoms with E-state index in [4.69, 9.17) is 9.47 Å². The van der Waals surface area contributed by atoms with E-state index in [-0.39, 0.29) is 11.0 Å². The second-order valence-electron chi connectivity index (χ2n) is 12.6. The first-order chi connectivity index (χ1) is 21.9. The van der Waals surface area contributed by atoms with Crippen LogP contribution in [0.3, 0.4) is 0 Å². The molecule has 2 heterocycles. The summed E-state index contributed by atoms with van der Waals surface area (Å²) in [7, 11) is 0.334. The summed E-state index contributed by atoms with van der Waals surface area (Å²) in [6.45, 7) is 3.53. The van der Waals surface area contributed by atoms with E-state index in [1.807, 2.05) is 72.3 Å². The van der Waals surface area contributed by atoms with E-state index in [0.717, 1.165) is 41.6 Å². The van der Waals surface area contributed by atoms with E-state index >= 15 is 0 Å². The third-order valence-electron chi connectivity index (χ3n) is 9.12. The van der Waals surface area contributed by atoms with Gasteiger partial charge >= 0.3 is 5.97 Å². The van der Waals surface area contributed by atoms with Crippen molar-refractivity contribution in [2.24, 2.45) is 11.8 Å². The predicted octanol–water partition coefficient (Wildman–Crippen LogP) is 6.20. The number of ether oxygens (including phenoxy) is 2. The van der Waals surface area contributed by atoms with E-state index in [9.17, 15) is 22.9 Å². The standard InChI is InChI=1S/C28H34NO4S2.C7H8O3S/c1-29(2,15-8-16-32-21-9-4-3-5-10-21)26-20-13-14-22(26)23(19-20)33-27(30)28(31,24-11-6-17-34-24)25-12-7-18-35-25;1-6-2-4-7(5-3-6)11(8,9)10/h3-7,9-12,17-18,20,22-23,26,31H,8,13-16,19H2,1-2H3;2-5H,1H3,(H,8,9,10)/q+1;/p-1. The van der Waals surface area contributed by atoms with Gasteiger partial charge in [-0.3, -0.25) is 0 Å². The van der Waals surface area contributed by atoms with Crippen molar-refractivity contribution < 1.29 is 36.8 Å². The van der Waals surface area contributed by atoms with Crippen molar-refractivity contribution >= 4 is 38.8 Å². The lowest BCUT2D eigenvalue weighted by molar-refractivity contribution is -0.919. The average molecular weight is 684 g/mol. The fourth-order valence-corrected chi connectivity index (χ4v) is 9.19. The fourth-order valence-electron chi connectivity index (χ4n) is 7.01. The third kappa shape index (κ3) is 7.73. The van der Waals surface area contributed by atoms with E-state index in [1.54, 1.807) is 12.1 Å². The third-order valence-corrected chi connectivity index (χ3v) is 11.9. The second-order valence-corrected chi connectivity index (χ2v) is 15.9. The van der Waals surface area contributed by atoms with Crippen LogP contribution in [0.2, 0.25) is 0 Å². The van der Waals surface area contributed by atoms with E-state index in [1.165, 1.54) is 41.2 Å². The summed E-state index contributed by atoms with van der Waals surface area (Å²) >= 11 is 2.77. The first-order valence-electron chi connectivity index (χ1n) is 15.4. The van der Waals surface area contributed by atoms with Crippen molar-refractivity contribution in [2.75, 3.05) is 27.2 Å². The van der Waals surface area contributed by atoms with Gasteiger partial charge in [-0.15, -0.1) is 22.7 Å². The van der Waals surface area contributed by atoms with Gasteiger partial charge in [-0.2, -0.15) is 0 Å². The topological polar surface area (TPSA) is 113 Å². The van der Waals surface area contributed by atoms with Gasteiger partial charge in [-0.1, -0.05) is 48.0 Å². The lowest BCUT2D eigenvalue weighted by atomic mass is 9.96. The van der Waals surface area contributed by atoms with Crippen molar-refractivity contribution in [3.05, 3.63) is 105 Å². The minimum Gasteiger partial charge on any atom is -0.744 e. The van der Waals surface area contributed by atoms with Crippen LogP contribution in [0.4, 0.5) is 0 Å². The Hall–Kier alpha value is -3.06. The van der Waals surface area contributed by atoms with Gasteiger partial charge in [0.05, 0.1) is 47.9 Å². The molecule has 11 heteroatoms. The van der Waals surface area contributed by atoms with Gasteiger partial charge in [-0.05, 0) is 73.3 Å². The Morgan fingerprint density at radius 2 is 1.59 bits per heavy atom. The predicted molar refractivity (Wildman–Crippen MR) is 179 cm³/mol. The van der Waals surface area contributed by atoms with Crippen LogP contribution in [0, 0.1) is 18.8 Å². The van der Waals surface area contributed by atoms with Crippen LogP contribution in [-0.4, -0.2) is 67.9 Å². The van der Waals surface area contributed by atoms with Gasteiger partial charge in [-0.25, -0.2) is 13.2 Å². The number of thiophene rings is 2. The van der Waals surface area contributed by atoms with Crippen molar-refractivity contribution in [3.8, 4) is 5.75 Å². The van der Waals surface area contributed by atoms with Gasteiger partial charge in [0, 0.05) is 18.3 Å². The molecule has 0 aliphatic heterocycles. The molecule has 1 N–H and O–H groups in total. The van der Waals surface area contributed by atoms with E-state index in [2.05, 4.69) is 14.1 Å². The summed E-state index contributed by atoms with van der Waals surface area (Å²) < 4.78 is 44.1. The Morgan fingerprint density at radius 3 is 2.15 bits per heavy atom. The number of aryl methyl sites for hydroxylation is 1. The lowest BCUT2D eigenvalue weighted by Gasteiger charge is -2.39. The minimum absolute atomic E-state index is 0.143. The maximum absolute atomic E-state index is 13.5. The van der Waals surface area contributed by atoms with Gasteiger partial charge in [0.15, 0.2) is 0 Å². The highest BCUT2D eigenvalue weighted by atomic mass is 32.2. The van der Waals surface area contributed by atoms with Gasteiger partial charge in [0.2, 0.25) is 5.60 Å². The normalized spacial score (nSPS) is 21.0. The summed E-state index contributed by atoms with van der Waals surface area (Å²) in [6.07, 6.45) is 3.97. The quantitative estimate of drug-likeness (QED) is 0.0867. The zero-order valence-electron chi connectivity index (χ0n) is 26.3. The lowest BCUT2D eigenvalue weighted by Crippen LogP contribution is -2.53. The molecule has 2 aromatic carbocycles. The van der Waals surface area contributed by atoms with E-state index < -0.39 is 21.7 Å². The van der Waals surface area contributed by atoms with Gasteiger partial charge < -0.3 is 23.6 Å². The van der Waals surface area contributed by atoms with Crippen LogP contribution in [0.25, 0.3) is 0 Å². The SMILES string of the molecule is C[N+](C)(CCCOc1ccccc1)C1C2CCC1C(OC(=O)C(O)(c1cccs1)c1cccs1)C2.Cc1ccc(S(=O)(=O)[O-])cc1. The number of fused-ring (bicyclic) bond motifs is 2. The Labute approximate surface area is 279 Å². The number of hydrogen-bond acceptors (Lipinski definition) is 9. The molecule has 8 nitrogen and oxygen atoms in total. The summed E-state index contributed by atoms with van der Waals surface area (Å²) in [6, 6.07) is 23.5. The number of esters is 1. The zero-order valence-corrected chi connectivity index (χ0v) is 28.7. The Bertz CT molecular complexity index is 1620. The number of para-hydroxylation sites is 1. The fraction of sp³-hybridized carbons (Fsp3) is 0.400. The van der Waals surface area contributed by atoms with Crippen LogP contribution >= 0.6 is 22.7 Å². The molecule has 0 amide bonds. The summed E-state index contributed by atoms with van der Waals surface area (Å²) in [5, 5.41) is 15.4. The van der Waals surface area contributed by atoms with Crippen molar-refractivity contribution in [3.63, 3.8) is 0 Å². The molecule has 2 bridgehead atoms. The van der Waals surface area contributed by atoms with Crippen LogP contribution in [0.1, 0.15) is 41.0 Å². The van der Waals surface area contributed by atoms with Gasteiger partial charge in [0.1, 0.15) is 22.0 Å². The highest BCUT2D eigenvalue weighted by Crippen LogP contribution is 2.51. The molecule has 2 aromatic heterocycles. The molecule has 0 radical (unpaired) electrons. The molecule has 2 aliphatic rings. The Balaban J connectivity index is 0.000000322. The maximum atomic E-state index is 13.5. The minimum atomic E-state index is -4.27. The van der Waals surface area contributed by atoms with Crippen molar-refractivity contribution in [1.82, 2.24) is 0 Å². The molecule has 246 valence electrons. The first kappa shape index (κ1) is 34.3. The molecular formula is C35H41NO7S3. The molecule has 2 aliphatic carbocycles. The number of nitrogens with zero attached hydrogens (tertiary/aromatic N) is 1. The summed E-state index contributed by atoms with van der Waals surface area (Å²) in [4.78, 5) is 14.6. The molecule has 6 rings (SSSR count). The number of aliphatic hydroxyl groups is 1. The van der Waals surface area contributed by atoms with Crippen molar-refractivity contribution in [1.29, 1.82) is 0 Å². The zero-order chi connectivity index (χ0) is 33.0. The molecule has 4 unspecified atom stereocenters. The monoisotopic (exact) mass is 683 g/mol. The van der Waals surface area contributed by atoms with Gasteiger partial charge in [0.25, 0.3) is 0 Å². The molecule has 4 atom stereocenters. The largest absolute Gasteiger partial charge is 0.744 e. The second kappa shape index (κ2) is 14.4. The molecule has 2 fully saturated rings. The molecular weight excluding hydrogens is 643 g/mol. The summed E-state index contributed by atoms with van der Waals surface area (Å²) in [5.74, 6) is 1.24. The molecule has 4 aromatic rings. The number of quaternary nitrogens is 1. The molecule has 0 spiro atoms. The molecule has 2 saturated carbocycles. The highest BCUT2D eigenvalue weighted by Gasteiger charge is 2.58. The van der Waals surface area contributed by atoms with Crippen LogP contribution in [0.15, 0.2) is 94.5 Å². The van der Waals surface area contributed by atoms with E-state index in [0.29, 0.717) is 34.2 Å². The van der Waals surface area contributed by atoms with Crippen LogP contribution in [0.5, 0.6) is 5.75 Å². The van der Waals surface area contributed by atoms with Crippen molar-refractivity contribution in [2.45, 2.75) is 55.2 Å². The maximum Gasteiger partial charge on any atom is 0.349 e. The smallest absolute Gasteiger partial charge is 0.349 e. The number of carbonyl (C=O) groups excluding carboxylic acids is 1. The molecule has 46 heavy (non-hydrogen) atoms. The average Bonchev–Trinajstić information content (AvgIpc) is 3.85. The summed E-state index contributed by atoms with van der Waals surface area (Å²) in [5.41, 5.74) is -0.809. The number of hydrogen-bond donors (Lipinski definition) is 1. The highest BCUT2D eigenvalue weighted by molar-refractivity contribution is 7.85. The van der Waals surface area contributed by atoms with Crippen LogP contribution < -0.4 is 4.74 Å².